The number of benzene rings is 2. The van der Waals surface area contributed by atoms with Crippen LogP contribution >= 0.6 is 23.3 Å². The number of carbonyl (C=O) groups is 1. The van der Waals surface area contributed by atoms with E-state index < -0.39 is 5.97 Å². The molecule has 0 amide bonds. The molecule has 0 saturated heterocycles. The summed E-state index contributed by atoms with van der Waals surface area (Å²) in [5.74, 6) is -1.25. The molecule has 0 spiro atoms. The molecule has 0 saturated carbocycles. The molecule has 4 aromatic rings. The van der Waals surface area contributed by atoms with Crippen LogP contribution in [0.1, 0.15) is 21.8 Å². The summed E-state index contributed by atoms with van der Waals surface area (Å²) in [7, 11) is 0. The standard InChI is InChI=1S/C22H19FN2O2S2/c1-13-22(28-16-6-4-3-5-7-16)20(29-24-13)11-17-14(2)25(12-21(26)27)19-9-8-15(23)10-18(17)19/h3-10H,11-12H2,1-2H3,(H,26,27). The van der Waals surface area contributed by atoms with Crippen LogP contribution in [0, 0.1) is 19.7 Å². The Morgan fingerprint density at radius 2 is 1.97 bits per heavy atom. The van der Waals surface area contributed by atoms with Crippen molar-refractivity contribution in [3.8, 4) is 0 Å². The summed E-state index contributed by atoms with van der Waals surface area (Å²) in [6, 6.07) is 14.6. The van der Waals surface area contributed by atoms with Crippen LogP contribution in [0.4, 0.5) is 4.39 Å². The van der Waals surface area contributed by atoms with Crippen LogP contribution in [-0.4, -0.2) is 20.0 Å². The average molecular weight is 427 g/mol. The van der Waals surface area contributed by atoms with Gasteiger partial charge in [0, 0.05) is 37.7 Å². The van der Waals surface area contributed by atoms with Gasteiger partial charge in [-0.25, -0.2) is 4.39 Å². The molecule has 2 aromatic heterocycles. The van der Waals surface area contributed by atoms with Crippen LogP contribution in [-0.2, 0) is 17.8 Å². The second-order valence-electron chi connectivity index (χ2n) is 6.82. The number of nitrogens with zero attached hydrogens (tertiary/aromatic N) is 2. The lowest BCUT2D eigenvalue weighted by atomic mass is 10.1. The van der Waals surface area contributed by atoms with E-state index in [2.05, 4.69) is 16.5 Å². The Hall–Kier alpha value is -2.64. The highest BCUT2D eigenvalue weighted by Gasteiger charge is 2.20. The summed E-state index contributed by atoms with van der Waals surface area (Å²) in [5.41, 5.74) is 3.49. The van der Waals surface area contributed by atoms with Crippen molar-refractivity contribution < 1.29 is 14.3 Å². The van der Waals surface area contributed by atoms with Gasteiger partial charge in [-0.15, -0.1) is 0 Å². The van der Waals surface area contributed by atoms with E-state index in [9.17, 15) is 14.3 Å². The number of aromatic nitrogens is 2. The highest BCUT2D eigenvalue weighted by Crippen LogP contribution is 2.38. The molecule has 0 radical (unpaired) electrons. The Morgan fingerprint density at radius 1 is 1.21 bits per heavy atom. The fraction of sp³-hybridized carbons (Fsp3) is 0.182. The minimum atomic E-state index is -0.921. The molecule has 7 heteroatoms. The zero-order chi connectivity index (χ0) is 20.5. The lowest BCUT2D eigenvalue weighted by Crippen LogP contribution is -2.10. The smallest absolute Gasteiger partial charge is 0.323 e. The summed E-state index contributed by atoms with van der Waals surface area (Å²) in [6.07, 6.45) is 0.582. The van der Waals surface area contributed by atoms with Gasteiger partial charge < -0.3 is 9.67 Å². The fourth-order valence-corrected chi connectivity index (χ4v) is 5.49. The predicted molar refractivity (Wildman–Crippen MR) is 114 cm³/mol. The van der Waals surface area contributed by atoms with E-state index in [-0.39, 0.29) is 12.4 Å². The van der Waals surface area contributed by atoms with Crippen molar-refractivity contribution in [2.45, 2.75) is 36.6 Å². The Labute approximate surface area is 176 Å². The Morgan fingerprint density at radius 3 is 2.69 bits per heavy atom. The van der Waals surface area contributed by atoms with Crippen molar-refractivity contribution in [3.63, 3.8) is 0 Å². The van der Waals surface area contributed by atoms with Crippen LogP contribution in [0.3, 0.4) is 0 Å². The van der Waals surface area contributed by atoms with Crippen molar-refractivity contribution in [2.24, 2.45) is 0 Å². The maximum absolute atomic E-state index is 14.0. The molecule has 0 unspecified atom stereocenters. The molecule has 0 aliphatic rings. The second kappa shape index (κ2) is 8.00. The van der Waals surface area contributed by atoms with Gasteiger partial charge in [0.2, 0.25) is 0 Å². The number of rotatable bonds is 6. The molecule has 148 valence electrons. The molecule has 29 heavy (non-hydrogen) atoms. The first-order valence-corrected chi connectivity index (χ1v) is 10.7. The van der Waals surface area contributed by atoms with Crippen molar-refractivity contribution in [3.05, 3.63) is 76.2 Å². The van der Waals surface area contributed by atoms with Crippen molar-refractivity contribution >= 4 is 40.2 Å². The van der Waals surface area contributed by atoms with Gasteiger partial charge in [-0.3, -0.25) is 4.79 Å². The van der Waals surface area contributed by atoms with E-state index in [0.29, 0.717) is 6.42 Å². The molecule has 1 N–H and O–H groups in total. The molecule has 2 heterocycles. The molecule has 0 bridgehead atoms. The largest absolute Gasteiger partial charge is 0.480 e. The van der Waals surface area contributed by atoms with Gasteiger partial charge in [-0.05, 0) is 61.3 Å². The Kier molecular flexibility index (Phi) is 5.43. The van der Waals surface area contributed by atoms with E-state index in [0.717, 1.165) is 42.5 Å². The SMILES string of the molecule is Cc1nsc(Cc2c(C)n(CC(=O)O)c3ccc(F)cc23)c1Sc1ccccc1. The molecule has 0 aliphatic heterocycles. The molecule has 0 fully saturated rings. The fourth-order valence-electron chi connectivity index (χ4n) is 3.50. The third-order valence-electron chi connectivity index (χ3n) is 4.88. The molecule has 2 aromatic carbocycles. The van der Waals surface area contributed by atoms with Gasteiger partial charge in [0.15, 0.2) is 0 Å². The minimum absolute atomic E-state index is 0.151. The zero-order valence-electron chi connectivity index (χ0n) is 16.0. The molecule has 0 atom stereocenters. The quantitative estimate of drug-likeness (QED) is 0.431. The van der Waals surface area contributed by atoms with Crippen LogP contribution in [0.15, 0.2) is 58.3 Å². The highest BCUT2D eigenvalue weighted by molar-refractivity contribution is 7.99. The number of carboxylic acid groups (broad SMARTS) is 1. The van der Waals surface area contributed by atoms with Gasteiger partial charge in [-0.2, -0.15) is 4.37 Å². The Balaban J connectivity index is 1.78. The average Bonchev–Trinajstić information content (AvgIpc) is 3.15. The Bertz CT molecular complexity index is 1200. The van der Waals surface area contributed by atoms with Gasteiger partial charge in [0.1, 0.15) is 12.4 Å². The molecule has 0 aliphatic carbocycles. The van der Waals surface area contributed by atoms with Gasteiger partial charge in [0.25, 0.3) is 0 Å². The molecule has 4 nitrogen and oxygen atoms in total. The predicted octanol–water partition coefficient (Wildman–Crippen LogP) is 5.68. The summed E-state index contributed by atoms with van der Waals surface area (Å²) in [6.45, 7) is 3.74. The van der Waals surface area contributed by atoms with Crippen LogP contribution in [0.2, 0.25) is 0 Å². The second-order valence-corrected chi connectivity index (χ2v) is 8.76. The maximum Gasteiger partial charge on any atom is 0.323 e. The third kappa shape index (κ3) is 3.93. The van der Waals surface area contributed by atoms with E-state index >= 15 is 0 Å². The number of aryl methyl sites for hydroxylation is 1. The third-order valence-corrected chi connectivity index (χ3v) is 7.20. The number of hydrogen-bond acceptors (Lipinski definition) is 4. The van der Waals surface area contributed by atoms with Crippen molar-refractivity contribution in [1.82, 2.24) is 8.94 Å². The first-order chi connectivity index (χ1) is 13.9. The van der Waals surface area contributed by atoms with Crippen LogP contribution in [0.25, 0.3) is 10.9 Å². The van der Waals surface area contributed by atoms with Crippen molar-refractivity contribution in [2.75, 3.05) is 0 Å². The summed E-state index contributed by atoms with van der Waals surface area (Å²) < 4.78 is 20.3. The van der Waals surface area contributed by atoms with E-state index in [1.54, 1.807) is 22.4 Å². The summed E-state index contributed by atoms with van der Waals surface area (Å²) in [5, 5.41) is 10.1. The van der Waals surface area contributed by atoms with Gasteiger partial charge in [0.05, 0.1) is 5.69 Å². The lowest BCUT2D eigenvalue weighted by molar-refractivity contribution is -0.137. The number of halogens is 1. The maximum atomic E-state index is 14.0. The first-order valence-electron chi connectivity index (χ1n) is 9.11. The van der Waals surface area contributed by atoms with Gasteiger partial charge in [-0.1, -0.05) is 30.0 Å². The van der Waals surface area contributed by atoms with Crippen molar-refractivity contribution in [1.29, 1.82) is 0 Å². The molecular formula is C22H19FN2O2S2. The van der Waals surface area contributed by atoms with E-state index in [1.807, 2.05) is 32.0 Å². The monoisotopic (exact) mass is 426 g/mol. The summed E-state index contributed by atoms with van der Waals surface area (Å²) >= 11 is 3.12. The lowest BCUT2D eigenvalue weighted by Gasteiger charge is -2.07. The van der Waals surface area contributed by atoms with Crippen LogP contribution in [0.5, 0.6) is 0 Å². The normalized spacial score (nSPS) is 11.3. The van der Waals surface area contributed by atoms with Crippen LogP contribution < -0.4 is 0 Å². The summed E-state index contributed by atoms with van der Waals surface area (Å²) in [4.78, 5) is 14.7. The number of aliphatic carboxylic acids is 1. The minimum Gasteiger partial charge on any atom is -0.480 e. The highest BCUT2D eigenvalue weighted by atomic mass is 32.2. The topological polar surface area (TPSA) is 55.1 Å². The number of fused-ring (bicyclic) bond motifs is 1. The number of hydrogen-bond donors (Lipinski definition) is 1. The number of carboxylic acids is 1. The van der Waals surface area contributed by atoms with E-state index in [4.69, 9.17) is 0 Å². The molecular weight excluding hydrogens is 407 g/mol. The van der Waals surface area contributed by atoms with Gasteiger partial charge >= 0.3 is 5.97 Å². The first kappa shape index (κ1) is 19.7. The zero-order valence-corrected chi connectivity index (χ0v) is 17.6. The molecule has 4 rings (SSSR count). The van der Waals surface area contributed by atoms with E-state index in [1.165, 1.54) is 23.7 Å².